The molecule has 0 unspecified atom stereocenters. The minimum absolute atomic E-state index is 0.128. The summed E-state index contributed by atoms with van der Waals surface area (Å²) in [6.45, 7) is 1.96. The summed E-state index contributed by atoms with van der Waals surface area (Å²) < 4.78 is 14.1. The summed E-state index contributed by atoms with van der Waals surface area (Å²) in [6.07, 6.45) is 0.708. The van der Waals surface area contributed by atoms with Crippen LogP contribution in [0.5, 0.6) is 0 Å². The first-order valence-corrected chi connectivity index (χ1v) is 7.83. The Morgan fingerprint density at radius 1 is 1.42 bits per heavy atom. The third-order valence-electron chi connectivity index (χ3n) is 2.52. The lowest BCUT2D eigenvalue weighted by Crippen LogP contribution is -2.17. The number of H-pyrrole nitrogens is 1. The Morgan fingerprint density at radius 3 is 2.84 bits per heavy atom. The molecule has 1 N–H and O–H groups in total. The number of nitrogens with zero attached hydrogens (tertiary/aromatic N) is 1. The van der Waals surface area contributed by atoms with Crippen LogP contribution < -0.4 is 5.56 Å². The number of rotatable bonds is 4. The van der Waals surface area contributed by atoms with Crippen LogP contribution in [0.3, 0.4) is 0 Å². The maximum Gasteiger partial charge on any atom is 0.264 e. The van der Waals surface area contributed by atoms with E-state index in [2.05, 4.69) is 9.97 Å². The Morgan fingerprint density at radius 2 is 2.16 bits per heavy atom. The van der Waals surface area contributed by atoms with E-state index in [-0.39, 0.29) is 11.4 Å². The van der Waals surface area contributed by atoms with E-state index >= 15 is 0 Å². The predicted octanol–water partition coefficient (Wildman–Crippen LogP) is 3.37. The lowest BCUT2D eigenvalue weighted by Gasteiger charge is -2.05. The van der Waals surface area contributed by atoms with Gasteiger partial charge in [0.15, 0.2) is 0 Å². The molecule has 19 heavy (non-hydrogen) atoms. The lowest BCUT2D eigenvalue weighted by molar-refractivity contribution is 0.602. The van der Waals surface area contributed by atoms with Gasteiger partial charge in [-0.15, -0.1) is 11.8 Å². The van der Waals surface area contributed by atoms with Gasteiger partial charge >= 0.3 is 0 Å². The molecule has 0 fully saturated rings. The molecule has 3 nitrogen and oxygen atoms in total. The average molecular weight is 390 g/mol. The van der Waals surface area contributed by atoms with E-state index in [1.165, 1.54) is 17.8 Å². The third kappa shape index (κ3) is 3.56. The molecule has 0 atom stereocenters. The van der Waals surface area contributed by atoms with Crippen molar-refractivity contribution in [3.05, 3.63) is 55.5 Å². The standard InChI is InChI=1S/C13H12FIN2OS/c1-2-9-12(15)13(18)17-11(16-9)7-19-10-6-4-3-5-8(10)14/h3-6H,2,7H2,1H3,(H,16,17,18). The fraction of sp³-hybridized carbons (Fsp3) is 0.231. The van der Waals surface area contributed by atoms with Crippen LogP contribution in [-0.4, -0.2) is 9.97 Å². The van der Waals surface area contributed by atoms with Gasteiger partial charge in [-0.05, 0) is 41.1 Å². The fourth-order valence-corrected chi connectivity index (χ4v) is 3.01. The molecule has 0 aliphatic carbocycles. The van der Waals surface area contributed by atoms with Crippen LogP contribution >= 0.6 is 34.4 Å². The third-order valence-corrected chi connectivity index (χ3v) is 4.69. The second-order valence-electron chi connectivity index (χ2n) is 3.85. The largest absolute Gasteiger partial charge is 0.309 e. The van der Waals surface area contributed by atoms with Crippen molar-refractivity contribution < 1.29 is 4.39 Å². The van der Waals surface area contributed by atoms with Crippen molar-refractivity contribution in [1.82, 2.24) is 9.97 Å². The van der Waals surface area contributed by atoms with Crippen LogP contribution in [0.25, 0.3) is 0 Å². The SMILES string of the molecule is CCc1nc(CSc2ccccc2F)[nH]c(=O)c1I. The number of hydrogen-bond donors (Lipinski definition) is 1. The van der Waals surface area contributed by atoms with Crippen molar-refractivity contribution in [2.45, 2.75) is 24.0 Å². The first kappa shape index (κ1) is 14.5. The summed E-state index contributed by atoms with van der Waals surface area (Å²) in [5.41, 5.74) is 0.657. The van der Waals surface area contributed by atoms with Crippen molar-refractivity contribution >= 4 is 34.4 Å². The monoisotopic (exact) mass is 390 g/mol. The van der Waals surface area contributed by atoms with Gasteiger partial charge in [-0.1, -0.05) is 19.1 Å². The molecule has 0 spiro atoms. The molecular weight excluding hydrogens is 378 g/mol. The molecule has 0 radical (unpaired) electrons. The van der Waals surface area contributed by atoms with Gasteiger partial charge in [-0.3, -0.25) is 4.79 Å². The molecule has 6 heteroatoms. The van der Waals surface area contributed by atoms with Gasteiger partial charge in [0.25, 0.3) is 5.56 Å². The van der Waals surface area contributed by atoms with Gasteiger partial charge in [0, 0.05) is 4.90 Å². The average Bonchev–Trinajstić information content (AvgIpc) is 2.41. The van der Waals surface area contributed by atoms with Crippen molar-refractivity contribution in [3.63, 3.8) is 0 Å². The number of halogens is 2. The molecule has 0 bridgehead atoms. The van der Waals surface area contributed by atoms with Crippen LogP contribution in [0, 0.1) is 9.39 Å². The van der Waals surface area contributed by atoms with Gasteiger partial charge in [0.1, 0.15) is 11.6 Å². The number of thioether (sulfide) groups is 1. The zero-order valence-electron chi connectivity index (χ0n) is 10.2. The Bertz CT molecular complexity index is 645. The van der Waals surface area contributed by atoms with Crippen LogP contribution in [-0.2, 0) is 12.2 Å². The molecule has 0 amide bonds. The van der Waals surface area contributed by atoms with Crippen molar-refractivity contribution in [2.24, 2.45) is 0 Å². The van der Waals surface area contributed by atoms with E-state index < -0.39 is 0 Å². The topological polar surface area (TPSA) is 45.8 Å². The summed E-state index contributed by atoms with van der Waals surface area (Å²) in [4.78, 5) is 19.4. The first-order valence-electron chi connectivity index (χ1n) is 5.76. The molecule has 2 rings (SSSR count). The summed E-state index contributed by atoms with van der Waals surface area (Å²) >= 11 is 3.32. The molecule has 1 aromatic heterocycles. The zero-order chi connectivity index (χ0) is 13.8. The summed E-state index contributed by atoms with van der Waals surface area (Å²) in [7, 11) is 0. The van der Waals surface area contributed by atoms with Crippen LogP contribution in [0.2, 0.25) is 0 Å². The second-order valence-corrected chi connectivity index (χ2v) is 5.94. The highest BCUT2D eigenvalue weighted by atomic mass is 127. The number of hydrogen-bond acceptors (Lipinski definition) is 3. The van der Waals surface area contributed by atoms with E-state index in [1.807, 2.05) is 29.5 Å². The maximum atomic E-state index is 13.5. The molecule has 1 heterocycles. The minimum atomic E-state index is -0.254. The van der Waals surface area contributed by atoms with E-state index in [0.29, 0.717) is 26.5 Å². The quantitative estimate of drug-likeness (QED) is 0.643. The number of aryl methyl sites for hydroxylation is 1. The number of aromatic amines is 1. The van der Waals surface area contributed by atoms with Gasteiger partial charge in [-0.2, -0.15) is 0 Å². The van der Waals surface area contributed by atoms with E-state index in [4.69, 9.17) is 0 Å². The Labute approximate surface area is 128 Å². The van der Waals surface area contributed by atoms with Gasteiger partial charge in [0.2, 0.25) is 0 Å². The van der Waals surface area contributed by atoms with Crippen LogP contribution in [0.1, 0.15) is 18.4 Å². The fourth-order valence-electron chi connectivity index (χ4n) is 1.57. The Balaban J connectivity index is 2.19. The Hall–Kier alpha value is -0.890. The van der Waals surface area contributed by atoms with E-state index in [9.17, 15) is 9.18 Å². The molecule has 0 aliphatic heterocycles. The van der Waals surface area contributed by atoms with E-state index in [1.54, 1.807) is 18.2 Å². The summed E-state index contributed by atoms with van der Waals surface area (Å²) in [5.74, 6) is 0.770. The Kier molecular flexibility index (Phi) is 4.98. The van der Waals surface area contributed by atoms with Crippen LogP contribution in [0.4, 0.5) is 4.39 Å². The lowest BCUT2D eigenvalue weighted by atomic mass is 10.3. The smallest absolute Gasteiger partial charge is 0.264 e. The number of nitrogens with one attached hydrogen (secondary N) is 1. The second kappa shape index (κ2) is 6.51. The highest BCUT2D eigenvalue weighted by molar-refractivity contribution is 14.1. The molecule has 0 saturated heterocycles. The first-order chi connectivity index (χ1) is 9.11. The van der Waals surface area contributed by atoms with Crippen molar-refractivity contribution in [3.8, 4) is 0 Å². The zero-order valence-corrected chi connectivity index (χ0v) is 13.2. The summed E-state index contributed by atoms with van der Waals surface area (Å²) in [6, 6.07) is 6.57. The van der Waals surface area contributed by atoms with Crippen molar-refractivity contribution in [2.75, 3.05) is 0 Å². The highest BCUT2D eigenvalue weighted by Gasteiger charge is 2.08. The molecule has 2 aromatic rings. The molecule has 0 saturated carbocycles. The molecule has 1 aromatic carbocycles. The molecular formula is C13H12FIN2OS. The normalized spacial score (nSPS) is 10.7. The highest BCUT2D eigenvalue weighted by Crippen LogP contribution is 2.23. The van der Waals surface area contributed by atoms with Crippen LogP contribution in [0.15, 0.2) is 34.0 Å². The molecule has 0 aliphatic rings. The minimum Gasteiger partial charge on any atom is -0.309 e. The number of benzene rings is 1. The summed E-state index contributed by atoms with van der Waals surface area (Å²) in [5, 5.41) is 0. The number of aromatic nitrogens is 2. The predicted molar refractivity (Wildman–Crippen MR) is 82.9 cm³/mol. The maximum absolute atomic E-state index is 13.5. The molecule has 100 valence electrons. The van der Waals surface area contributed by atoms with Gasteiger partial charge in [0.05, 0.1) is 15.0 Å². The van der Waals surface area contributed by atoms with Crippen molar-refractivity contribution in [1.29, 1.82) is 0 Å². The van der Waals surface area contributed by atoms with Gasteiger partial charge in [-0.25, -0.2) is 9.37 Å². The van der Waals surface area contributed by atoms with Gasteiger partial charge < -0.3 is 4.98 Å². The van der Waals surface area contributed by atoms with E-state index in [0.717, 1.165) is 5.69 Å².